The lowest BCUT2D eigenvalue weighted by atomic mass is 9.94. The van der Waals surface area contributed by atoms with E-state index in [0.29, 0.717) is 22.2 Å². The van der Waals surface area contributed by atoms with Crippen LogP contribution in [-0.2, 0) is 10.0 Å². The van der Waals surface area contributed by atoms with Gasteiger partial charge in [0.1, 0.15) is 4.90 Å². The van der Waals surface area contributed by atoms with Crippen LogP contribution in [0, 0.1) is 0 Å². The third-order valence-electron chi connectivity index (χ3n) is 13.3. The highest BCUT2D eigenvalue weighted by Crippen LogP contribution is 2.52. The van der Waals surface area contributed by atoms with Crippen molar-refractivity contribution in [2.24, 2.45) is 5.14 Å². The fourth-order valence-electron chi connectivity index (χ4n) is 10.5. The number of hydrogen-bond acceptors (Lipinski definition) is 4. The molecule has 7 nitrogen and oxygen atoms in total. The highest BCUT2D eigenvalue weighted by Gasteiger charge is 2.33. The lowest BCUT2D eigenvalue weighted by molar-refractivity contribution is 0.598. The zero-order chi connectivity index (χ0) is 45.5. The first-order chi connectivity index (χ1) is 33.4. The first-order valence-corrected chi connectivity index (χ1v) is 24.1. The number of nitrogens with one attached hydrogen (secondary N) is 1. The maximum Gasteiger partial charge on any atom is 0.242 e. The topological polar surface area (TPSA) is 107 Å². The summed E-state index contributed by atoms with van der Waals surface area (Å²) in [6.45, 7) is 0. The van der Waals surface area contributed by atoms with Crippen LogP contribution in [0.5, 0.6) is 0 Å². The SMILES string of the molecule is NS(=O)(=O)c1c2nc(c(-c3ccccc3)c3[nH]c(c(-c4ccccc4)c4nc(c(-c5ccccc5)c5c6ccccc6c1n5-c1ccccc1)-c1ccccc1-4)c1ccccc31)-c1ccccc1-2. The van der Waals surface area contributed by atoms with E-state index in [9.17, 15) is 8.42 Å². The van der Waals surface area contributed by atoms with Crippen molar-refractivity contribution in [1.82, 2.24) is 19.5 Å². The van der Waals surface area contributed by atoms with Crippen molar-refractivity contribution in [3.05, 3.63) is 218 Å². The van der Waals surface area contributed by atoms with Gasteiger partial charge in [-0.05, 0) is 28.8 Å². The van der Waals surface area contributed by atoms with E-state index in [2.05, 4.69) is 113 Å². The molecule has 0 unspecified atom stereocenters. The predicted molar refractivity (Wildman–Crippen MR) is 278 cm³/mol. The molecule has 3 aromatic heterocycles. The molecule has 0 saturated carbocycles. The third kappa shape index (κ3) is 6.05. The molecular formula is C60H39N5O2S. The summed E-state index contributed by atoms with van der Waals surface area (Å²) in [6.07, 6.45) is 0. The monoisotopic (exact) mass is 893 g/mol. The molecule has 8 bridgehead atoms. The Morgan fingerprint density at radius 3 is 1.16 bits per heavy atom. The molecule has 0 saturated heterocycles. The third-order valence-corrected chi connectivity index (χ3v) is 14.2. The Kier molecular flexibility index (Phi) is 9.01. The van der Waals surface area contributed by atoms with Crippen LogP contribution in [0.15, 0.2) is 223 Å². The summed E-state index contributed by atoms with van der Waals surface area (Å²) in [5.74, 6) is 0. The molecule has 0 aliphatic carbocycles. The number of primary sulfonamides is 1. The minimum atomic E-state index is -4.56. The number of benzene rings is 8. The number of para-hydroxylation sites is 1. The second-order valence-electron chi connectivity index (χ2n) is 17.1. The first kappa shape index (κ1) is 39.7. The lowest BCUT2D eigenvalue weighted by Gasteiger charge is -2.14. The van der Waals surface area contributed by atoms with Gasteiger partial charge in [-0.1, -0.05) is 206 Å². The van der Waals surface area contributed by atoms with Crippen molar-refractivity contribution in [2.45, 2.75) is 4.90 Å². The van der Waals surface area contributed by atoms with Gasteiger partial charge in [-0.2, -0.15) is 0 Å². The van der Waals surface area contributed by atoms with Gasteiger partial charge in [0, 0.05) is 66.2 Å². The van der Waals surface area contributed by atoms with Crippen LogP contribution in [0.25, 0.3) is 128 Å². The molecule has 0 spiro atoms. The molecule has 13 rings (SSSR count). The molecule has 0 amide bonds. The number of H-pyrrole nitrogens is 1. The summed E-state index contributed by atoms with van der Waals surface area (Å²) in [5, 5.41) is 10.1. The molecule has 5 heterocycles. The molecule has 0 fully saturated rings. The average Bonchev–Trinajstić information content (AvgIpc) is 4.14. The Hall–Kier alpha value is -8.69. The second-order valence-corrected chi connectivity index (χ2v) is 18.6. The molecule has 0 radical (unpaired) electrons. The molecule has 8 aromatic carbocycles. The van der Waals surface area contributed by atoms with Crippen LogP contribution in [-0.4, -0.2) is 27.9 Å². The summed E-state index contributed by atoms with van der Waals surface area (Å²) in [4.78, 5) is 15.4. The zero-order valence-corrected chi connectivity index (χ0v) is 37.2. The summed E-state index contributed by atoms with van der Waals surface area (Å²) in [6, 6.07) is 73.6. The van der Waals surface area contributed by atoms with Crippen molar-refractivity contribution >= 4 is 53.6 Å². The quantitative estimate of drug-likeness (QED) is 0.179. The minimum absolute atomic E-state index is 0.0871. The number of nitrogens with two attached hydrogens (primary N) is 1. The van der Waals surface area contributed by atoms with Crippen molar-refractivity contribution in [3.63, 3.8) is 0 Å². The fourth-order valence-corrected chi connectivity index (χ4v) is 11.4. The lowest BCUT2D eigenvalue weighted by Crippen LogP contribution is -2.15. The fraction of sp³-hybridized carbons (Fsp3) is 0. The molecule has 3 N–H and O–H groups in total. The van der Waals surface area contributed by atoms with Gasteiger partial charge >= 0.3 is 0 Å². The molecule has 11 aromatic rings. The molecule has 0 atom stereocenters. The van der Waals surface area contributed by atoms with Gasteiger partial charge in [-0.15, -0.1) is 0 Å². The largest absolute Gasteiger partial charge is 0.353 e. The van der Waals surface area contributed by atoms with Crippen molar-refractivity contribution in [2.75, 3.05) is 0 Å². The number of nitrogens with zero attached hydrogens (tertiary/aromatic N) is 3. The summed E-state index contributed by atoms with van der Waals surface area (Å²) in [5.41, 5.74) is 14.8. The molecule has 68 heavy (non-hydrogen) atoms. The molecule has 8 heteroatoms. The summed E-state index contributed by atoms with van der Waals surface area (Å²) < 4.78 is 32.0. The van der Waals surface area contributed by atoms with E-state index in [1.165, 1.54) is 0 Å². The summed E-state index contributed by atoms with van der Waals surface area (Å²) in [7, 11) is -4.56. The van der Waals surface area contributed by atoms with Crippen molar-refractivity contribution < 1.29 is 8.42 Å². The Bertz CT molecular complexity index is 4150. The number of aromatic nitrogens is 4. The highest BCUT2D eigenvalue weighted by molar-refractivity contribution is 7.89. The van der Waals surface area contributed by atoms with E-state index in [4.69, 9.17) is 15.1 Å². The van der Waals surface area contributed by atoms with Gasteiger partial charge in [0.25, 0.3) is 0 Å². The minimum Gasteiger partial charge on any atom is -0.353 e. The van der Waals surface area contributed by atoms with Crippen LogP contribution in [0.4, 0.5) is 0 Å². The molecule has 2 aliphatic heterocycles. The van der Waals surface area contributed by atoms with E-state index in [1.807, 2.05) is 115 Å². The highest BCUT2D eigenvalue weighted by atomic mass is 32.2. The number of aromatic amines is 1. The number of hydrogen-bond donors (Lipinski definition) is 2. The maximum atomic E-state index is 15.0. The van der Waals surface area contributed by atoms with Crippen molar-refractivity contribution in [3.8, 4) is 84.1 Å². The van der Waals surface area contributed by atoms with Gasteiger partial charge in [-0.25, -0.2) is 23.5 Å². The van der Waals surface area contributed by atoms with E-state index in [0.717, 1.165) is 99.9 Å². The van der Waals surface area contributed by atoms with Gasteiger partial charge in [-0.3, -0.25) is 0 Å². The molecule has 322 valence electrons. The number of rotatable bonds is 5. The molecule has 2 aliphatic rings. The normalized spacial score (nSPS) is 12.0. The van der Waals surface area contributed by atoms with E-state index < -0.39 is 10.0 Å². The van der Waals surface area contributed by atoms with Crippen LogP contribution in [0.2, 0.25) is 0 Å². The van der Waals surface area contributed by atoms with E-state index in [-0.39, 0.29) is 10.6 Å². The van der Waals surface area contributed by atoms with Crippen LogP contribution >= 0.6 is 0 Å². The Balaban J connectivity index is 1.44. The van der Waals surface area contributed by atoms with Gasteiger partial charge in [0.15, 0.2) is 0 Å². The second kappa shape index (κ2) is 15.5. The maximum absolute atomic E-state index is 15.0. The predicted octanol–water partition coefficient (Wildman–Crippen LogP) is 14.4. The van der Waals surface area contributed by atoms with Gasteiger partial charge < -0.3 is 9.55 Å². The van der Waals surface area contributed by atoms with Crippen LogP contribution in [0.1, 0.15) is 0 Å². The summed E-state index contributed by atoms with van der Waals surface area (Å²) >= 11 is 0. The van der Waals surface area contributed by atoms with Crippen molar-refractivity contribution in [1.29, 1.82) is 0 Å². The van der Waals surface area contributed by atoms with E-state index >= 15 is 0 Å². The Morgan fingerprint density at radius 1 is 0.368 bits per heavy atom. The first-order valence-electron chi connectivity index (χ1n) is 22.5. The van der Waals surface area contributed by atoms with Gasteiger partial charge in [0.05, 0.1) is 44.8 Å². The van der Waals surface area contributed by atoms with E-state index in [1.54, 1.807) is 0 Å². The number of sulfonamides is 1. The Morgan fingerprint density at radius 2 is 0.706 bits per heavy atom. The van der Waals surface area contributed by atoms with Crippen LogP contribution < -0.4 is 5.14 Å². The Labute approximate surface area is 392 Å². The molecular weight excluding hydrogens is 855 g/mol. The van der Waals surface area contributed by atoms with Crippen LogP contribution in [0.3, 0.4) is 0 Å². The van der Waals surface area contributed by atoms with Gasteiger partial charge in [0.2, 0.25) is 10.0 Å². The zero-order valence-electron chi connectivity index (χ0n) is 36.4. The standard InChI is InChI=1S/C60H39N5O2S/c61-68(66,67)60-57-46-34-18-17-33-45(46)55(64-57)50(38-23-7-2-8-24-38)53-42-30-14-13-29-41(42)52(62-53)49(37-21-5-1-6-22-37)54-43-31-15-16-32-44(43)56(63-54)51(39-25-9-3-10-26-39)58-47-35-19-20-36-48(47)59(60)65(58)40-27-11-4-12-28-40/h1-36,62H,(H2,61,66,67). The average molecular weight is 894 g/mol. The smallest absolute Gasteiger partial charge is 0.242 e. The number of fused-ring (bicyclic) bond motifs is 20.